The Morgan fingerprint density at radius 1 is 1.31 bits per heavy atom. The van der Waals surface area contributed by atoms with Crippen LogP contribution in [0.2, 0.25) is 0 Å². The van der Waals surface area contributed by atoms with Crippen LogP contribution in [-0.2, 0) is 22.3 Å². The van der Waals surface area contributed by atoms with Crippen LogP contribution in [0.1, 0.15) is 69.7 Å². The van der Waals surface area contributed by atoms with Crippen molar-refractivity contribution in [2.24, 2.45) is 0 Å². The lowest BCUT2D eigenvalue weighted by molar-refractivity contribution is 0.0206. The third-order valence-corrected chi connectivity index (χ3v) is 5.52. The summed E-state index contributed by atoms with van der Waals surface area (Å²) in [6.07, 6.45) is 7.47. The molecule has 1 amide bonds. The van der Waals surface area contributed by atoms with Gasteiger partial charge in [-0.3, -0.25) is 0 Å². The molecule has 0 spiro atoms. The van der Waals surface area contributed by atoms with E-state index in [0.29, 0.717) is 6.54 Å². The van der Waals surface area contributed by atoms with Gasteiger partial charge in [0.1, 0.15) is 11.4 Å². The highest BCUT2D eigenvalue weighted by Gasteiger charge is 2.30. The monoisotopic (exact) mass is 403 g/mol. The Morgan fingerprint density at radius 2 is 2.14 bits per heavy atom. The third-order valence-electron chi connectivity index (χ3n) is 5.52. The number of anilines is 1. The smallest absolute Gasteiger partial charge is 0.410 e. The maximum atomic E-state index is 12.1. The van der Waals surface area contributed by atoms with E-state index in [1.807, 2.05) is 20.8 Å². The van der Waals surface area contributed by atoms with Gasteiger partial charge in [0.05, 0.1) is 12.6 Å². The molecule has 1 N–H and O–H groups in total. The molecule has 0 aromatic carbocycles. The number of likely N-dealkylation sites (tertiary alicyclic amines) is 1. The molecular formula is C23H37N3O3. The summed E-state index contributed by atoms with van der Waals surface area (Å²) in [5.74, 6) is 1.09. The number of pyridine rings is 1. The van der Waals surface area contributed by atoms with Crippen molar-refractivity contribution >= 4 is 11.9 Å². The number of carbonyl (C=O) groups is 1. The van der Waals surface area contributed by atoms with Crippen molar-refractivity contribution in [2.75, 3.05) is 31.6 Å². The van der Waals surface area contributed by atoms with Gasteiger partial charge in [-0.1, -0.05) is 12.5 Å². The Kier molecular flexibility index (Phi) is 7.38. The number of hydrogen-bond donors (Lipinski definition) is 1. The largest absolute Gasteiger partial charge is 0.444 e. The first-order valence-corrected chi connectivity index (χ1v) is 11.1. The molecule has 6 heteroatoms. The number of nitrogens with zero attached hydrogens (tertiary/aromatic N) is 2. The van der Waals surface area contributed by atoms with E-state index in [1.165, 1.54) is 23.2 Å². The van der Waals surface area contributed by atoms with E-state index in [4.69, 9.17) is 14.5 Å². The van der Waals surface area contributed by atoms with E-state index in [9.17, 15) is 4.79 Å². The standard InChI is InChI=1S/C23H37N3O3/c1-17-15-18-9-8-12-24-21(18)25-20(17)10-6-5-7-14-28-19-11-13-26(16-19)22(27)29-23(2,3)4/h15,19H,5-14,16H2,1-4H3,(H,24,25). The van der Waals surface area contributed by atoms with Crippen LogP contribution in [0.4, 0.5) is 10.6 Å². The Labute approximate surface area is 175 Å². The molecule has 29 heavy (non-hydrogen) atoms. The number of carbonyl (C=O) groups excluding carboxylic acids is 1. The van der Waals surface area contributed by atoms with Gasteiger partial charge in [0.15, 0.2) is 0 Å². The molecule has 0 saturated carbocycles. The lowest BCUT2D eigenvalue weighted by Crippen LogP contribution is -2.36. The molecule has 0 radical (unpaired) electrons. The maximum absolute atomic E-state index is 12.1. The van der Waals surface area contributed by atoms with Crippen LogP contribution < -0.4 is 5.32 Å². The second-order valence-electron chi connectivity index (χ2n) is 9.31. The van der Waals surface area contributed by atoms with Crippen LogP contribution in [0.15, 0.2) is 6.07 Å². The van der Waals surface area contributed by atoms with Crippen LogP contribution in [0.5, 0.6) is 0 Å². The summed E-state index contributed by atoms with van der Waals surface area (Å²) in [7, 11) is 0. The summed E-state index contributed by atoms with van der Waals surface area (Å²) in [5.41, 5.74) is 3.46. The van der Waals surface area contributed by atoms with Crippen molar-refractivity contribution in [3.63, 3.8) is 0 Å². The van der Waals surface area contributed by atoms with Gasteiger partial charge in [-0.25, -0.2) is 9.78 Å². The summed E-state index contributed by atoms with van der Waals surface area (Å²) in [5, 5.41) is 3.43. The number of amides is 1. The zero-order valence-electron chi connectivity index (χ0n) is 18.6. The zero-order valence-corrected chi connectivity index (χ0v) is 18.6. The van der Waals surface area contributed by atoms with Crippen molar-refractivity contribution in [1.29, 1.82) is 0 Å². The van der Waals surface area contributed by atoms with Crippen LogP contribution in [0.25, 0.3) is 0 Å². The highest BCUT2D eigenvalue weighted by Crippen LogP contribution is 2.23. The fourth-order valence-electron chi connectivity index (χ4n) is 3.97. The Bertz CT molecular complexity index is 699. The van der Waals surface area contributed by atoms with Crippen molar-refractivity contribution in [1.82, 2.24) is 9.88 Å². The molecule has 3 rings (SSSR count). The first-order chi connectivity index (χ1) is 13.8. The Morgan fingerprint density at radius 3 is 2.93 bits per heavy atom. The highest BCUT2D eigenvalue weighted by atomic mass is 16.6. The fourth-order valence-corrected chi connectivity index (χ4v) is 3.97. The van der Waals surface area contributed by atoms with Gasteiger partial charge in [0.2, 0.25) is 0 Å². The molecule has 1 fully saturated rings. The molecule has 1 aromatic heterocycles. The summed E-state index contributed by atoms with van der Waals surface area (Å²) < 4.78 is 11.4. The van der Waals surface area contributed by atoms with Gasteiger partial charge < -0.3 is 19.7 Å². The van der Waals surface area contributed by atoms with E-state index < -0.39 is 5.60 Å². The minimum atomic E-state index is -0.447. The second kappa shape index (κ2) is 9.79. The molecule has 6 nitrogen and oxygen atoms in total. The fraction of sp³-hybridized carbons (Fsp3) is 0.739. The molecule has 2 aliphatic heterocycles. The predicted molar refractivity (Wildman–Crippen MR) is 116 cm³/mol. The van der Waals surface area contributed by atoms with Crippen molar-refractivity contribution in [3.8, 4) is 0 Å². The quantitative estimate of drug-likeness (QED) is 0.680. The zero-order chi connectivity index (χ0) is 20.9. The number of nitrogens with one attached hydrogen (secondary N) is 1. The molecule has 1 atom stereocenters. The number of hydrogen-bond acceptors (Lipinski definition) is 5. The lowest BCUT2D eigenvalue weighted by atomic mass is 10.0. The van der Waals surface area contributed by atoms with Gasteiger partial charge in [0, 0.05) is 25.4 Å². The molecule has 162 valence electrons. The number of rotatable bonds is 7. The number of aryl methyl sites for hydroxylation is 3. The van der Waals surface area contributed by atoms with E-state index in [-0.39, 0.29) is 12.2 Å². The molecule has 0 bridgehead atoms. The lowest BCUT2D eigenvalue weighted by Gasteiger charge is -2.24. The minimum absolute atomic E-state index is 0.137. The van der Waals surface area contributed by atoms with Crippen molar-refractivity contribution in [2.45, 2.75) is 84.3 Å². The van der Waals surface area contributed by atoms with Crippen LogP contribution >= 0.6 is 0 Å². The summed E-state index contributed by atoms with van der Waals surface area (Å²) >= 11 is 0. The molecule has 1 unspecified atom stereocenters. The Balaban J connectivity index is 1.31. The number of fused-ring (bicyclic) bond motifs is 1. The Hall–Kier alpha value is -1.82. The summed E-state index contributed by atoms with van der Waals surface area (Å²) in [6, 6.07) is 2.31. The molecular weight excluding hydrogens is 366 g/mol. The second-order valence-corrected chi connectivity index (χ2v) is 9.31. The maximum Gasteiger partial charge on any atom is 0.410 e. The van der Waals surface area contributed by atoms with Gasteiger partial charge >= 0.3 is 6.09 Å². The van der Waals surface area contributed by atoms with Gasteiger partial charge in [0.25, 0.3) is 0 Å². The van der Waals surface area contributed by atoms with Crippen molar-refractivity contribution in [3.05, 3.63) is 22.9 Å². The SMILES string of the molecule is Cc1cc2c(nc1CCCCCOC1CCN(C(=O)OC(C)(C)C)C1)NCCC2. The van der Waals surface area contributed by atoms with E-state index >= 15 is 0 Å². The average Bonchev–Trinajstić information content (AvgIpc) is 3.12. The minimum Gasteiger partial charge on any atom is -0.444 e. The normalized spacial score (nSPS) is 19.0. The van der Waals surface area contributed by atoms with Crippen LogP contribution in [0, 0.1) is 6.92 Å². The van der Waals surface area contributed by atoms with E-state index in [1.54, 1.807) is 4.90 Å². The third kappa shape index (κ3) is 6.59. The van der Waals surface area contributed by atoms with Gasteiger partial charge in [-0.2, -0.15) is 0 Å². The molecule has 1 saturated heterocycles. The van der Waals surface area contributed by atoms with E-state index in [0.717, 1.165) is 64.0 Å². The van der Waals surface area contributed by atoms with Crippen LogP contribution in [0.3, 0.4) is 0 Å². The molecule has 1 aromatic rings. The summed E-state index contributed by atoms with van der Waals surface area (Å²) in [4.78, 5) is 18.7. The van der Waals surface area contributed by atoms with E-state index in [2.05, 4.69) is 18.3 Å². The number of aromatic nitrogens is 1. The first kappa shape index (κ1) is 21.9. The average molecular weight is 404 g/mol. The van der Waals surface area contributed by atoms with Gasteiger partial charge in [-0.05, 0) is 77.3 Å². The van der Waals surface area contributed by atoms with Crippen molar-refractivity contribution < 1.29 is 14.3 Å². The highest BCUT2D eigenvalue weighted by molar-refractivity contribution is 5.68. The number of ether oxygens (including phenoxy) is 2. The molecule has 3 heterocycles. The topological polar surface area (TPSA) is 63.7 Å². The molecule has 2 aliphatic rings. The number of unbranched alkanes of at least 4 members (excludes halogenated alkanes) is 2. The molecule has 0 aliphatic carbocycles. The predicted octanol–water partition coefficient (Wildman–Crippen LogP) is 4.49. The van der Waals surface area contributed by atoms with Gasteiger partial charge in [-0.15, -0.1) is 0 Å². The van der Waals surface area contributed by atoms with Crippen LogP contribution in [-0.4, -0.2) is 53.9 Å². The summed E-state index contributed by atoms with van der Waals surface area (Å²) in [6.45, 7) is 11.0. The first-order valence-electron chi connectivity index (χ1n) is 11.1.